The summed E-state index contributed by atoms with van der Waals surface area (Å²) in [7, 11) is 1.59. The van der Waals surface area contributed by atoms with Crippen molar-refractivity contribution in [1.82, 2.24) is 10.2 Å². The minimum absolute atomic E-state index is 0.0816. The molecule has 21 heavy (non-hydrogen) atoms. The van der Waals surface area contributed by atoms with E-state index in [4.69, 9.17) is 0 Å². The van der Waals surface area contributed by atoms with Crippen molar-refractivity contribution in [2.24, 2.45) is 0 Å². The van der Waals surface area contributed by atoms with Gasteiger partial charge in [0.15, 0.2) is 0 Å². The first-order chi connectivity index (χ1) is 9.77. The summed E-state index contributed by atoms with van der Waals surface area (Å²) in [5.41, 5.74) is -0.866. The third-order valence-corrected chi connectivity index (χ3v) is 2.97. The standard InChI is InChI=1S/C13H16FN3O4/c1-4-16(3)13(19)8(2)15-12(18)9-5-6-10(14)11(7-9)17(20)21/h5-8H,4H2,1-3H3,(H,15,18). The number of likely N-dealkylation sites (N-methyl/N-ethyl adjacent to an activating group) is 1. The highest BCUT2D eigenvalue weighted by Gasteiger charge is 2.21. The van der Waals surface area contributed by atoms with E-state index in [0.717, 1.165) is 18.2 Å². The van der Waals surface area contributed by atoms with Crippen molar-refractivity contribution >= 4 is 17.5 Å². The molecule has 0 fully saturated rings. The summed E-state index contributed by atoms with van der Waals surface area (Å²) >= 11 is 0. The molecule has 1 aromatic carbocycles. The Labute approximate surface area is 120 Å². The maximum atomic E-state index is 13.2. The lowest BCUT2D eigenvalue weighted by Crippen LogP contribution is -2.45. The third kappa shape index (κ3) is 3.98. The van der Waals surface area contributed by atoms with E-state index in [9.17, 15) is 24.1 Å². The van der Waals surface area contributed by atoms with Gasteiger partial charge in [-0.3, -0.25) is 19.7 Å². The highest BCUT2D eigenvalue weighted by Crippen LogP contribution is 2.18. The number of rotatable bonds is 5. The Bertz CT molecular complexity index is 577. The molecule has 8 heteroatoms. The van der Waals surface area contributed by atoms with Crippen LogP contribution < -0.4 is 5.32 Å². The van der Waals surface area contributed by atoms with Crippen molar-refractivity contribution in [2.75, 3.05) is 13.6 Å². The topological polar surface area (TPSA) is 92.6 Å². The average molecular weight is 297 g/mol. The molecule has 0 heterocycles. The van der Waals surface area contributed by atoms with Gasteiger partial charge in [0.1, 0.15) is 6.04 Å². The van der Waals surface area contributed by atoms with Crippen LogP contribution in [0.3, 0.4) is 0 Å². The van der Waals surface area contributed by atoms with E-state index in [2.05, 4.69) is 5.32 Å². The maximum Gasteiger partial charge on any atom is 0.305 e. The number of halogens is 1. The van der Waals surface area contributed by atoms with E-state index in [0.29, 0.717) is 6.54 Å². The summed E-state index contributed by atoms with van der Waals surface area (Å²) in [6.07, 6.45) is 0. The monoisotopic (exact) mass is 297 g/mol. The first-order valence-electron chi connectivity index (χ1n) is 6.27. The zero-order valence-corrected chi connectivity index (χ0v) is 11.9. The second-order valence-corrected chi connectivity index (χ2v) is 4.47. The predicted molar refractivity (Wildman–Crippen MR) is 73.3 cm³/mol. The zero-order valence-electron chi connectivity index (χ0n) is 11.9. The molecule has 0 bridgehead atoms. The van der Waals surface area contributed by atoms with Crippen LogP contribution in [0.15, 0.2) is 18.2 Å². The second-order valence-electron chi connectivity index (χ2n) is 4.47. The van der Waals surface area contributed by atoms with Crippen LogP contribution in [-0.2, 0) is 4.79 Å². The lowest BCUT2D eigenvalue weighted by atomic mass is 10.1. The Morgan fingerprint density at radius 3 is 2.62 bits per heavy atom. The molecule has 1 aromatic rings. The molecule has 0 aromatic heterocycles. The predicted octanol–water partition coefficient (Wildman–Crippen LogP) is 1.33. The van der Waals surface area contributed by atoms with Gasteiger partial charge in [-0.25, -0.2) is 0 Å². The fraction of sp³-hybridized carbons (Fsp3) is 0.385. The SMILES string of the molecule is CCN(C)C(=O)C(C)NC(=O)c1ccc(F)c([N+](=O)[O-])c1. The number of carbonyl (C=O) groups excluding carboxylic acids is 2. The molecule has 0 saturated heterocycles. The fourth-order valence-corrected chi connectivity index (χ4v) is 1.62. The van der Waals surface area contributed by atoms with Gasteiger partial charge in [-0.05, 0) is 26.0 Å². The van der Waals surface area contributed by atoms with Gasteiger partial charge in [-0.2, -0.15) is 4.39 Å². The van der Waals surface area contributed by atoms with E-state index >= 15 is 0 Å². The van der Waals surface area contributed by atoms with Crippen molar-refractivity contribution in [3.05, 3.63) is 39.7 Å². The van der Waals surface area contributed by atoms with Gasteiger partial charge in [-0.15, -0.1) is 0 Å². The summed E-state index contributed by atoms with van der Waals surface area (Å²) in [4.78, 5) is 34.9. The fourth-order valence-electron chi connectivity index (χ4n) is 1.62. The molecule has 0 aliphatic heterocycles. The Kier molecular flexibility index (Phi) is 5.34. The van der Waals surface area contributed by atoms with E-state index in [-0.39, 0.29) is 11.5 Å². The van der Waals surface area contributed by atoms with Crippen LogP contribution in [-0.4, -0.2) is 41.3 Å². The first kappa shape index (κ1) is 16.5. The van der Waals surface area contributed by atoms with Crippen LogP contribution in [0.4, 0.5) is 10.1 Å². The molecule has 0 aliphatic rings. The van der Waals surface area contributed by atoms with E-state index < -0.39 is 28.4 Å². The van der Waals surface area contributed by atoms with E-state index in [1.807, 2.05) is 0 Å². The minimum atomic E-state index is -1.02. The Morgan fingerprint density at radius 2 is 2.10 bits per heavy atom. The lowest BCUT2D eigenvalue weighted by Gasteiger charge is -2.20. The lowest BCUT2D eigenvalue weighted by molar-refractivity contribution is -0.387. The zero-order chi connectivity index (χ0) is 16.2. The Morgan fingerprint density at radius 1 is 1.48 bits per heavy atom. The maximum absolute atomic E-state index is 13.2. The summed E-state index contributed by atoms with van der Waals surface area (Å²) in [6.45, 7) is 3.78. The molecule has 0 radical (unpaired) electrons. The van der Waals surface area contributed by atoms with Gasteiger partial charge < -0.3 is 10.2 Å². The number of hydrogen-bond donors (Lipinski definition) is 1. The molecule has 114 valence electrons. The van der Waals surface area contributed by atoms with Crippen LogP contribution in [0.5, 0.6) is 0 Å². The Balaban J connectivity index is 2.88. The minimum Gasteiger partial charge on any atom is -0.344 e. The highest BCUT2D eigenvalue weighted by molar-refractivity contribution is 5.97. The normalized spacial score (nSPS) is 11.6. The smallest absolute Gasteiger partial charge is 0.305 e. The average Bonchev–Trinajstić information content (AvgIpc) is 2.45. The number of nitrogens with one attached hydrogen (secondary N) is 1. The summed E-state index contributed by atoms with van der Waals surface area (Å²) in [5.74, 6) is -1.99. The largest absolute Gasteiger partial charge is 0.344 e. The number of amides is 2. The van der Waals surface area contributed by atoms with Crippen molar-refractivity contribution in [3.63, 3.8) is 0 Å². The number of benzene rings is 1. The number of hydrogen-bond acceptors (Lipinski definition) is 4. The quantitative estimate of drug-likeness (QED) is 0.655. The van der Waals surface area contributed by atoms with E-state index in [1.54, 1.807) is 14.0 Å². The molecular formula is C13H16FN3O4. The number of nitrogens with zero attached hydrogens (tertiary/aromatic N) is 2. The molecule has 0 spiro atoms. The summed E-state index contributed by atoms with van der Waals surface area (Å²) < 4.78 is 13.2. The molecule has 0 saturated carbocycles. The second kappa shape index (κ2) is 6.78. The van der Waals surface area contributed by atoms with Crippen molar-refractivity contribution in [1.29, 1.82) is 0 Å². The molecule has 2 amide bonds. The third-order valence-electron chi connectivity index (χ3n) is 2.97. The highest BCUT2D eigenvalue weighted by atomic mass is 19.1. The summed E-state index contributed by atoms with van der Waals surface area (Å²) in [6, 6.07) is 2.02. The molecule has 1 unspecified atom stereocenters. The van der Waals surface area contributed by atoms with Crippen LogP contribution in [0.2, 0.25) is 0 Å². The number of nitro benzene ring substituents is 1. The number of nitro groups is 1. The number of carbonyl (C=O) groups is 2. The van der Waals surface area contributed by atoms with Gasteiger partial charge in [0.25, 0.3) is 5.91 Å². The van der Waals surface area contributed by atoms with Crippen molar-refractivity contribution < 1.29 is 18.9 Å². The van der Waals surface area contributed by atoms with Crippen LogP contribution in [0.25, 0.3) is 0 Å². The van der Waals surface area contributed by atoms with Gasteiger partial charge in [0.05, 0.1) is 4.92 Å². The van der Waals surface area contributed by atoms with Crippen molar-refractivity contribution in [2.45, 2.75) is 19.9 Å². The molecule has 1 rings (SSSR count). The Hall–Kier alpha value is -2.51. The van der Waals surface area contributed by atoms with Crippen molar-refractivity contribution in [3.8, 4) is 0 Å². The van der Waals surface area contributed by atoms with E-state index in [1.165, 1.54) is 11.8 Å². The van der Waals surface area contributed by atoms with Crippen LogP contribution in [0.1, 0.15) is 24.2 Å². The summed E-state index contributed by atoms with van der Waals surface area (Å²) in [5, 5.41) is 13.0. The van der Waals surface area contributed by atoms with Crippen LogP contribution in [0, 0.1) is 15.9 Å². The molecular weight excluding hydrogens is 281 g/mol. The van der Waals surface area contributed by atoms with Gasteiger partial charge in [0, 0.05) is 25.2 Å². The van der Waals surface area contributed by atoms with Gasteiger partial charge in [-0.1, -0.05) is 0 Å². The first-order valence-corrected chi connectivity index (χ1v) is 6.27. The molecule has 1 N–H and O–H groups in total. The molecule has 0 aliphatic carbocycles. The van der Waals surface area contributed by atoms with Gasteiger partial charge in [0.2, 0.25) is 11.7 Å². The van der Waals surface area contributed by atoms with Crippen LogP contribution >= 0.6 is 0 Å². The van der Waals surface area contributed by atoms with Gasteiger partial charge >= 0.3 is 5.69 Å². The molecule has 7 nitrogen and oxygen atoms in total. The molecule has 1 atom stereocenters.